The quantitative estimate of drug-likeness (QED) is 0.620. The first-order chi connectivity index (χ1) is 12.4. The van der Waals surface area contributed by atoms with Gasteiger partial charge in [-0.25, -0.2) is 12.8 Å². The van der Waals surface area contributed by atoms with Crippen molar-refractivity contribution in [2.45, 2.75) is 49.7 Å². The minimum absolute atomic E-state index is 0.0319. The van der Waals surface area contributed by atoms with Crippen molar-refractivity contribution in [3.05, 3.63) is 47.7 Å². The second-order valence-corrected chi connectivity index (χ2v) is 10.2. The van der Waals surface area contributed by atoms with Crippen LogP contribution in [-0.4, -0.2) is 23.7 Å². The summed E-state index contributed by atoms with van der Waals surface area (Å²) in [6.45, 7) is 8.85. The molecule has 0 aliphatic rings. The fourth-order valence-corrected chi connectivity index (χ4v) is 3.73. The van der Waals surface area contributed by atoms with Gasteiger partial charge in [0.25, 0.3) is 5.89 Å². The lowest BCUT2D eigenvalue weighted by Crippen LogP contribution is -2.30. The Bertz CT molecular complexity index is 1060. The van der Waals surface area contributed by atoms with Crippen LogP contribution in [0.2, 0.25) is 0 Å². The molecular weight excluding hydrogens is 373 g/mol. The maximum Gasteiger partial charge on any atom is 0.296 e. The summed E-state index contributed by atoms with van der Waals surface area (Å²) >= 11 is 0. The second-order valence-electron chi connectivity index (χ2n) is 7.72. The van der Waals surface area contributed by atoms with Gasteiger partial charge in [-0.15, -0.1) is 0 Å². The van der Waals surface area contributed by atoms with Crippen LogP contribution in [0.1, 0.15) is 46.1 Å². The van der Waals surface area contributed by atoms with Gasteiger partial charge in [0.05, 0.1) is 10.6 Å². The number of benzene rings is 1. The SMILES string of the molecule is CC(C)(C)c1cc(-c2nc(C(C)(C)S(=O)(=O)c3ccc(F)cc3)no2)on1. The van der Waals surface area contributed by atoms with Gasteiger partial charge in [-0.3, -0.25) is 0 Å². The standard InChI is InChI=1S/C18H20FN3O4S/c1-17(2,3)14-10-13(25-21-14)15-20-16(22-26-15)18(4,5)27(23,24)12-8-6-11(19)7-9-12/h6-10H,1-5H3. The van der Waals surface area contributed by atoms with Gasteiger partial charge in [0.1, 0.15) is 10.6 Å². The molecule has 7 nitrogen and oxygen atoms in total. The molecule has 0 saturated carbocycles. The molecule has 2 heterocycles. The van der Waals surface area contributed by atoms with Crippen LogP contribution in [0.5, 0.6) is 0 Å². The zero-order valence-corrected chi connectivity index (χ0v) is 16.5. The fraction of sp³-hybridized carbons (Fsp3) is 0.389. The van der Waals surface area contributed by atoms with E-state index in [-0.39, 0.29) is 27.8 Å². The van der Waals surface area contributed by atoms with Gasteiger partial charge in [0.15, 0.2) is 15.7 Å². The number of hydrogen-bond acceptors (Lipinski definition) is 7. The highest BCUT2D eigenvalue weighted by molar-refractivity contribution is 7.92. The number of nitrogens with zero attached hydrogens (tertiary/aromatic N) is 3. The van der Waals surface area contributed by atoms with E-state index in [4.69, 9.17) is 9.05 Å². The van der Waals surface area contributed by atoms with Crippen LogP contribution < -0.4 is 0 Å². The smallest absolute Gasteiger partial charge is 0.296 e. The van der Waals surface area contributed by atoms with Crippen LogP contribution in [-0.2, 0) is 20.0 Å². The van der Waals surface area contributed by atoms with Crippen LogP contribution in [0.4, 0.5) is 4.39 Å². The molecule has 0 N–H and O–H groups in total. The Labute approximate surface area is 156 Å². The van der Waals surface area contributed by atoms with Crippen molar-refractivity contribution in [2.75, 3.05) is 0 Å². The number of rotatable bonds is 4. The first-order valence-corrected chi connectivity index (χ1v) is 9.73. The molecule has 0 aliphatic heterocycles. The van der Waals surface area contributed by atoms with Crippen molar-refractivity contribution in [3.63, 3.8) is 0 Å². The van der Waals surface area contributed by atoms with Gasteiger partial charge in [0, 0.05) is 11.5 Å². The van der Waals surface area contributed by atoms with Crippen LogP contribution in [0, 0.1) is 5.82 Å². The van der Waals surface area contributed by atoms with E-state index in [1.807, 2.05) is 20.8 Å². The molecule has 0 bridgehead atoms. The van der Waals surface area contributed by atoms with E-state index in [0.29, 0.717) is 5.69 Å². The monoisotopic (exact) mass is 393 g/mol. The number of sulfone groups is 1. The highest BCUT2D eigenvalue weighted by Crippen LogP contribution is 2.35. The molecule has 0 aliphatic carbocycles. The van der Waals surface area contributed by atoms with E-state index >= 15 is 0 Å². The minimum atomic E-state index is -3.89. The molecule has 2 aromatic heterocycles. The molecule has 3 rings (SSSR count). The zero-order valence-electron chi connectivity index (χ0n) is 15.6. The summed E-state index contributed by atoms with van der Waals surface area (Å²) in [6.07, 6.45) is 0. The first-order valence-electron chi connectivity index (χ1n) is 8.25. The largest absolute Gasteiger partial charge is 0.351 e. The summed E-state index contributed by atoms with van der Waals surface area (Å²) in [5, 5.41) is 7.80. The van der Waals surface area contributed by atoms with Crippen LogP contribution >= 0.6 is 0 Å². The van der Waals surface area contributed by atoms with Gasteiger partial charge < -0.3 is 9.05 Å². The maximum atomic E-state index is 13.1. The average molecular weight is 393 g/mol. The van der Waals surface area contributed by atoms with Gasteiger partial charge in [-0.05, 0) is 38.1 Å². The highest BCUT2D eigenvalue weighted by Gasteiger charge is 2.42. The van der Waals surface area contributed by atoms with Crippen molar-refractivity contribution in [1.29, 1.82) is 0 Å². The normalized spacial score (nSPS) is 13.1. The third-order valence-corrected chi connectivity index (χ3v) is 6.67. The third-order valence-electron chi connectivity index (χ3n) is 4.25. The predicted molar refractivity (Wildman–Crippen MR) is 95.1 cm³/mol. The Morgan fingerprint density at radius 3 is 2.15 bits per heavy atom. The van der Waals surface area contributed by atoms with Gasteiger partial charge >= 0.3 is 0 Å². The first kappa shape index (κ1) is 19.2. The summed E-state index contributed by atoms with van der Waals surface area (Å²) in [6, 6.07) is 6.28. The number of halogens is 1. The van der Waals surface area contributed by atoms with Gasteiger partial charge in [-0.2, -0.15) is 4.98 Å². The van der Waals surface area contributed by atoms with E-state index in [9.17, 15) is 12.8 Å². The second kappa shape index (κ2) is 6.26. The molecule has 9 heteroatoms. The Morgan fingerprint density at radius 1 is 0.963 bits per heavy atom. The average Bonchev–Trinajstić information content (AvgIpc) is 3.24. The molecular formula is C18H20FN3O4S. The van der Waals surface area contributed by atoms with E-state index in [2.05, 4.69) is 15.3 Å². The highest BCUT2D eigenvalue weighted by atomic mass is 32.2. The van der Waals surface area contributed by atoms with Crippen molar-refractivity contribution in [3.8, 4) is 11.7 Å². The van der Waals surface area contributed by atoms with Crippen LogP contribution in [0.25, 0.3) is 11.7 Å². The van der Waals surface area contributed by atoms with E-state index in [0.717, 1.165) is 12.1 Å². The predicted octanol–water partition coefficient (Wildman–Crippen LogP) is 3.87. The number of hydrogen-bond donors (Lipinski definition) is 0. The zero-order chi connectivity index (χ0) is 20.0. The minimum Gasteiger partial charge on any atom is -0.351 e. The summed E-state index contributed by atoms with van der Waals surface area (Å²) in [4.78, 5) is 4.16. The Balaban J connectivity index is 1.97. The summed E-state index contributed by atoms with van der Waals surface area (Å²) in [5.41, 5.74) is 0.478. The lowest BCUT2D eigenvalue weighted by molar-refractivity contribution is 0.369. The maximum absolute atomic E-state index is 13.1. The summed E-state index contributed by atoms with van der Waals surface area (Å²) in [7, 11) is -3.89. The molecule has 0 amide bonds. The summed E-state index contributed by atoms with van der Waals surface area (Å²) in [5.74, 6) is -0.256. The lowest BCUT2D eigenvalue weighted by Gasteiger charge is -2.20. The number of aromatic nitrogens is 3. The van der Waals surface area contributed by atoms with E-state index < -0.39 is 20.4 Å². The Hall–Kier alpha value is -2.55. The Morgan fingerprint density at radius 2 is 1.59 bits per heavy atom. The van der Waals surface area contributed by atoms with Crippen molar-refractivity contribution >= 4 is 9.84 Å². The van der Waals surface area contributed by atoms with Crippen LogP contribution in [0.3, 0.4) is 0 Å². The molecule has 3 aromatic rings. The topological polar surface area (TPSA) is 99.1 Å². The van der Waals surface area contributed by atoms with Crippen molar-refractivity contribution in [1.82, 2.24) is 15.3 Å². The third kappa shape index (κ3) is 3.39. The lowest BCUT2D eigenvalue weighted by atomic mass is 9.92. The summed E-state index contributed by atoms with van der Waals surface area (Å²) < 4.78 is 48.0. The van der Waals surface area contributed by atoms with Gasteiger partial charge in [-0.1, -0.05) is 31.1 Å². The molecule has 0 saturated heterocycles. The van der Waals surface area contributed by atoms with Crippen molar-refractivity contribution in [2.24, 2.45) is 0 Å². The molecule has 1 aromatic carbocycles. The molecule has 0 unspecified atom stereocenters. The molecule has 0 spiro atoms. The molecule has 27 heavy (non-hydrogen) atoms. The molecule has 0 atom stereocenters. The Kier molecular flexibility index (Phi) is 4.46. The van der Waals surface area contributed by atoms with Gasteiger partial charge in [0.2, 0.25) is 5.76 Å². The molecule has 144 valence electrons. The van der Waals surface area contributed by atoms with E-state index in [1.165, 1.54) is 26.0 Å². The van der Waals surface area contributed by atoms with Crippen molar-refractivity contribution < 1.29 is 21.9 Å². The van der Waals surface area contributed by atoms with Crippen LogP contribution in [0.15, 0.2) is 44.3 Å². The molecule has 0 radical (unpaired) electrons. The van der Waals surface area contributed by atoms with E-state index in [1.54, 1.807) is 6.07 Å². The molecule has 0 fully saturated rings. The fourth-order valence-electron chi connectivity index (χ4n) is 2.33.